The molecule has 0 spiro atoms. The van der Waals surface area contributed by atoms with Gasteiger partial charge in [0.15, 0.2) is 5.82 Å². The van der Waals surface area contributed by atoms with E-state index in [2.05, 4.69) is 25.0 Å². The number of fused-ring (bicyclic) bond motifs is 1. The molecule has 0 aliphatic carbocycles. The molecule has 0 N–H and O–H groups in total. The van der Waals surface area contributed by atoms with Gasteiger partial charge in [-0.1, -0.05) is 12.1 Å². The van der Waals surface area contributed by atoms with Crippen molar-refractivity contribution in [3.8, 4) is 28.7 Å². The number of thioether (sulfide) groups is 1. The molecule has 17 heteroatoms. The lowest BCUT2D eigenvalue weighted by Crippen LogP contribution is -2.27. The summed E-state index contributed by atoms with van der Waals surface area (Å²) in [6.07, 6.45) is 0.970. The Kier molecular flexibility index (Phi) is 7.05. The molecule has 5 rings (SSSR count). The van der Waals surface area contributed by atoms with Crippen LogP contribution in [0, 0.1) is 0 Å². The van der Waals surface area contributed by atoms with Crippen molar-refractivity contribution in [3.63, 3.8) is 0 Å². The summed E-state index contributed by atoms with van der Waals surface area (Å²) in [5.41, 5.74) is 0.948. The Morgan fingerprint density at radius 3 is 2.42 bits per heavy atom. The third kappa shape index (κ3) is 5.02. The fraction of sp³-hybridized carbons (Fsp3) is 0.261. The van der Waals surface area contributed by atoms with E-state index in [0.717, 1.165) is 19.3 Å². The molecule has 4 aromatic heterocycles. The molecular formula is C23H22F3N9O3S2. The van der Waals surface area contributed by atoms with E-state index in [1.807, 2.05) is 6.26 Å². The van der Waals surface area contributed by atoms with E-state index in [9.17, 15) is 21.6 Å². The second-order valence-electron chi connectivity index (χ2n) is 8.59. The number of benzene rings is 1. The van der Waals surface area contributed by atoms with Gasteiger partial charge >= 0.3 is 16.4 Å². The normalized spacial score (nSPS) is 12.5. The summed E-state index contributed by atoms with van der Waals surface area (Å²) in [5.74, 6) is -0.800. The van der Waals surface area contributed by atoms with Crippen molar-refractivity contribution in [2.24, 2.45) is 0 Å². The van der Waals surface area contributed by atoms with Gasteiger partial charge in [-0.2, -0.15) is 25.9 Å². The Morgan fingerprint density at radius 2 is 1.80 bits per heavy atom. The summed E-state index contributed by atoms with van der Waals surface area (Å²) < 4.78 is 76.4. The van der Waals surface area contributed by atoms with Crippen LogP contribution in [0.4, 0.5) is 13.2 Å². The van der Waals surface area contributed by atoms with Crippen LogP contribution >= 0.6 is 11.8 Å². The van der Waals surface area contributed by atoms with Gasteiger partial charge < -0.3 is 4.74 Å². The van der Waals surface area contributed by atoms with Crippen LogP contribution in [-0.4, -0.2) is 78.3 Å². The summed E-state index contributed by atoms with van der Waals surface area (Å²) in [7, 11) is 0.323. The molecule has 0 unspecified atom stereocenters. The number of rotatable bonds is 8. The van der Waals surface area contributed by atoms with Gasteiger partial charge in [-0.15, -0.1) is 16.9 Å². The molecular weight excluding hydrogens is 571 g/mol. The van der Waals surface area contributed by atoms with Gasteiger partial charge in [0.2, 0.25) is 5.78 Å². The summed E-state index contributed by atoms with van der Waals surface area (Å²) >= 11 is 1.36. The van der Waals surface area contributed by atoms with Crippen molar-refractivity contribution >= 4 is 27.7 Å². The van der Waals surface area contributed by atoms with E-state index in [4.69, 9.17) is 4.74 Å². The second kappa shape index (κ2) is 10.2. The van der Waals surface area contributed by atoms with Crippen LogP contribution in [-0.2, 0) is 22.9 Å². The SMILES string of the molecule is COc1ccc(Cn2nc(C(F)(F)F)nc2-c2nc3nc(SC)ccn3c2-c2cn(S(=O)(=O)N(C)C)cn2)cc1. The van der Waals surface area contributed by atoms with Gasteiger partial charge in [-0.05, 0) is 30.0 Å². The highest BCUT2D eigenvalue weighted by atomic mass is 32.2. The maximum atomic E-state index is 13.8. The fourth-order valence-corrected chi connectivity index (χ4v) is 4.97. The van der Waals surface area contributed by atoms with Crippen molar-refractivity contribution in [2.75, 3.05) is 27.5 Å². The standard InChI is InChI=1S/C23H22F3N9O3S2/c1-32(2)40(36,37)33-12-16(27-13-33)19-18(29-22-28-17(39-4)9-10-34(19)22)20-30-21(23(24,25)26)31-35(20)11-14-5-7-15(38-3)8-6-14/h5-10,12-13H,11H2,1-4H3. The molecule has 40 heavy (non-hydrogen) atoms. The molecule has 0 amide bonds. The first-order valence-electron chi connectivity index (χ1n) is 11.5. The lowest BCUT2D eigenvalue weighted by Gasteiger charge is -2.10. The molecule has 0 aliphatic rings. The number of aromatic nitrogens is 8. The van der Waals surface area contributed by atoms with E-state index in [-0.39, 0.29) is 35.2 Å². The molecule has 12 nitrogen and oxygen atoms in total. The lowest BCUT2D eigenvalue weighted by molar-refractivity contribution is -0.144. The number of alkyl halides is 3. The number of imidazole rings is 2. The first-order valence-corrected chi connectivity index (χ1v) is 14.1. The summed E-state index contributed by atoms with van der Waals surface area (Å²) in [6, 6.07) is 8.45. The third-order valence-corrected chi connectivity index (χ3v) is 8.14. The zero-order valence-electron chi connectivity index (χ0n) is 21.5. The minimum Gasteiger partial charge on any atom is -0.497 e. The van der Waals surface area contributed by atoms with E-state index < -0.39 is 22.2 Å². The maximum Gasteiger partial charge on any atom is 0.453 e. The molecule has 0 radical (unpaired) electrons. The van der Waals surface area contributed by atoms with Crippen LogP contribution in [0.15, 0.2) is 54.1 Å². The van der Waals surface area contributed by atoms with Gasteiger partial charge in [0, 0.05) is 20.3 Å². The average molecular weight is 594 g/mol. The van der Waals surface area contributed by atoms with Gasteiger partial charge in [-0.25, -0.2) is 28.6 Å². The number of halogens is 3. The van der Waals surface area contributed by atoms with Crippen molar-refractivity contribution in [3.05, 3.63) is 60.4 Å². The molecule has 4 heterocycles. The van der Waals surface area contributed by atoms with Crippen LogP contribution in [0.5, 0.6) is 5.75 Å². The van der Waals surface area contributed by atoms with E-state index in [1.165, 1.54) is 43.6 Å². The number of nitrogens with zero attached hydrogens (tertiary/aromatic N) is 9. The molecule has 0 saturated carbocycles. The predicted octanol–water partition coefficient (Wildman–Crippen LogP) is 3.30. The molecule has 1 aromatic carbocycles. The summed E-state index contributed by atoms with van der Waals surface area (Å²) in [4.78, 5) is 17.0. The van der Waals surface area contributed by atoms with Gasteiger partial charge in [0.25, 0.3) is 5.82 Å². The van der Waals surface area contributed by atoms with E-state index in [0.29, 0.717) is 16.3 Å². The zero-order valence-corrected chi connectivity index (χ0v) is 23.2. The lowest BCUT2D eigenvalue weighted by atomic mass is 10.2. The van der Waals surface area contributed by atoms with Crippen LogP contribution in [0.3, 0.4) is 0 Å². The maximum absolute atomic E-state index is 13.8. The zero-order chi connectivity index (χ0) is 28.8. The number of methoxy groups -OCH3 is 1. The Labute approximate surface area is 230 Å². The van der Waals surface area contributed by atoms with Crippen LogP contribution < -0.4 is 4.74 Å². The van der Waals surface area contributed by atoms with Gasteiger partial charge in [0.1, 0.15) is 34.2 Å². The third-order valence-electron chi connectivity index (χ3n) is 5.84. The smallest absolute Gasteiger partial charge is 0.453 e. The highest BCUT2D eigenvalue weighted by molar-refractivity contribution is 7.98. The van der Waals surface area contributed by atoms with E-state index in [1.54, 1.807) is 36.5 Å². The number of hydrogen-bond donors (Lipinski definition) is 0. The summed E-state index contributed by atoms with van der Waals surface area (Å²) in [6.45, 7) is -0.0668. The van der Waals surface area contributed by atoms with E-state index >= 15 is 0 Å². The molecule has 0 atom stereocenters. The Bertz CT molecular complexity index is 1790. The molecule has 5 aromatic rings. The summed E-state index contributed by atoms with van der Waals surface area (Å²) in [5, 5.41) is 4.37. The van der Waals surface area contributed by atoms with Crippen molar-refractivity contribution in [2.45, 2.75) is 17.7 Å². The molecule has 0 saturated heterocycles. The van der Waals surface area contributed by atoms with Crippen molar-refractivity contribution in [1.29, 1.82) is 0 Å². The first-order chi connectivity index (χ1) is 18.9. The van der Waals surface area contributed by atoms with Gasteiger partial charge in [0.05, 0.1) is 19.9 Å². The van der Waals surface area contributed by atoms with Crippen molar-refractivity contribution < 1.29 is 26.3 Å². The monoisotopic (exact) mass is 593 g/mol. The quantitative estimate of drug-likeness (QED) is 0.197. The highest BCUT2D eigenvalue weighted by Gasteiger charge is 2.38. The van der Waals surface area contributed by atoms with Crippen LogP contribution in [0.2, 0.25) is 0 Å². The Balaban J connectivity index is 1.74. The minimum atomic E-state index is -4.83. The number of ether oxygens (including phenoxy) is 1. The van der Waals surface area contributed by atoms with Crippen LogP contribution in [0.25, 0.3) is 28.7 Å². The number of hydrogen-bond acceptors (Lipinski definition) is 9. The average Bonchev–Trinajstić information content (AvgIpc) is 3.65. The first kappa shape index (κ1) is 27.6. The second-order valence-corrected chi connectivity index (χ2v) is 11.5. The largest absolute Gasteiger partial charge is 0.497 e. The molecule has 0 fully saturated rings. The highest BCUT2D eigenvalue weighted by Crippen LogP contribution is 2.34. The van der Waals surface area contributed by atoms with Gasteiger partial charge in [-0.3, -0.25) is 4.40 Å². The molecule has 0 bridgehead atoms. The molecule has 0 aliphatic heterocycles. The topological polar surface area (TPSA) is 125 Å². The Hall–Kier alpha value is -3.96. The minimum absolute atomic E-state index is 0.00485. The van der Waals surface area contributed by atoms with Crippen molar-refractivity contribution in [1.82, 2.24) is 42.4 Å². The molecule has 210 valence electrons. The Morgan fingerprint density at radius 1 is 1.07 bits per heavy atom. The predicted molar refractivity (Wildman–Crippen MR) is 140 cm³/mol. The fourth-order valence-electron chi connectivity index (χ4n) is 3.82. The van der Waals surface area contributed by atoms with Crippen LogP contribution in [0.1, 0.15) is 11.4 Å².